The van der Waals surface area contributed by atoms with E-state index in [0.29, 0.717) is 23.4 Å². The normalized spacial score (nSPS) is 10.5. The number of aromatic hydroxyl groups is 1. The third-order valence-corrected chi connectivity index (χ3v) is 1.99. The van der Waals surface area contributed by atoms with E-state index in [9.17, 15) is 5.11 Å². The van der Waals surface area contributed by atoms with Crippen molar-refractivity contribution in [2.24, 2.45) is 0 Å². The first-order chi connectivity index (χ1) is 6.70. The van der Waals surface area contributed by atoms with Gasteiger partial charge in [0.1, 0.15) is 5.75 Å². The smallest absolute Gasteiger partial charge is 0.141 e. The second-order valence-electron chi connectivity index (χ2n) is 2.88. The third-order valence-electron chi connectivity index (χ3n) is 1.99. The average Bonchev–Trinajstić information content (AvgIpc) is 2.20. The number of aryl methyl sites for hydroxylation is 1. The lowest BCUT2D eigenvalue weighted by molar-refractivity contribution is 0.0855. The van der Waals surface area contributed by atoms with Crippen molar-refractivity contribution >= 4 is 0 Å². The summed E-state index contributed by atoms with van der Waals surface area (Å²) < 4.78 is 0. The molecular formula is C9H14N2O3. The molecule has 1 aromatic heterocycles. The molecule has 0 atom stereocenters. The topological polar surface area (TPSA) is 74.6 Å². The Kier molecular flexibility index (Phi) is 3.82. The quantitative estimate of drug-likeness (QED) is 0.604. The van der Waals surface area contributed by atoms with E-state index in [-0.39, 0.29) is 12.4 Å². The number of aromatic nitrogens is 1. The number of nitrogens with zero attached hydrogens (tertiary/aromatic N) is 1. The number of pyridine rings is 1. The van der Waals surface area contributed by atoms with Crippen molar-refractivity contribution in [1.29, 1.82) is 0 Å². The zero-order valence-corrected chi connectivity index (χ0v) is 8.24. The minimum atomic E-state index is -0.151. The largest absolute Gasteiger partial charge is 0.506 e. The average molecular weight is 198 g/mol. The zero-order chi connectivity index (χ0) is 10.6. The van der Waals surface area contributed by atoms with Crippen LogP contribution in [0, 0.1) is 6.92 Å². The molecule has 0 amide bonds. The molecule has 0 unspecified atom stereocenters. The molecule has 5 nitrogen and oxygen atoms in total. The van der Waals surface area contributed by atoms with Crippen LogP contribution >= 0.6 is 0 Å². The van der Waals surface area contributed by atoms with Gasteiger partial charge in [0.25, 0.3) is 0 Å². The van der Waals surface area contributed by atoms with Gasteiger partial charge in [0, 0.05) is 17.3 Å². The first-order valence-electron chi connectivity index (χ1n) is 4.23. The standard InChI is InChI=1S/C9H14N2O3/c1-6-9(13)8(4-11-14-2)7(5-12)3-10-6/h3,11-13H,4-5H2,1-2H3. The molecule has 1 rings (SSSR count). The molecule has 0 aliphatic heterocycles. The molecule has 0 spiro atoms. The molecule has 0 bridgehead atoms. The van der Waals surface area contributed by atoms with Gasteiger partial charge in [0.15, 0.2) is 0 Å². The Hall–Kier alpha value is -1.17. The molecular weight excluding hydrogens is 184 g/mol. The van der Waals surface area contributed by atoms with Crippen molar-refractivity contribution in [2.45, 2.75) is 20.1 Å². The Morgan fingerprint density at radius 2 is 2.29 bits per heavy atom. The van der Waals surface area contributed by atoms with Crippen molar-refractivity contribution in [3.63, 3.8) is 0 Å². The fraction of sp³-hybridized carbons (Fsp3) is 0.444. The second kappa shape index (κ2) is 4.90. The highest BCUT2D eigenvalue weighted by atomic mass is 16.6. The highest BCUT2D eigenvalue weighted by Crippen LogP contribution is 2.23. The summed E-state index contributed by atoms with van der Waals surface area (Å²) in [6, 6.07) is 0. The van der Waals surface area contributed by atoms with Crippen molar-refractivity contribution in [3.8, 4) is 5.75 Å². The van der Waals surface area contributed by atoms with E-state index in [2.05, 4.69) is 15.3 Å². The van der Waals surface area contributed by atoms with Crippen molar-refractivity contribution in [1.82, 2.24) is 10.5 Å². The van der Waals surface area contributed by atoms with Crippen LogP contribution in [0.25, 0.3) is 0 Å². The summed E-state index contributed by atoms with van der Waals surface area (Å²) >= 11 is 0. The van der Waals surface area contributed by atoms with Gasteiger partial charge in [-0.2, -0.15) is 5.48 Å². The monoisotopic (exact) mass is 198 g/mol. The van der Waals surface area contributed by atoms with E-state index in [0.717, 1.165) is 0 Å². The number of rotatable bonds is 4. The van der Waals surface area contributed by atoms with Crippen LogP contribution in [0.3, 0.4) is 0 Å². The van der Waals surface area contributed by atoms with Crippen LogP contribution in [-0.2, 0) is 18.0 Å². The van der Waals surface area contributed by atoms with Gasteiger partial charge in [-0.15, -0.1) is 0 Å². The van der Waals surface area contributed by atoms with Gasteiger partial charge < -0.3 is 15.1 Å². The fourth-order valence-electron chi connectivity index (χ4n) is 1.16. The molecule has 0 fully saturated rings. The Bertz CT molecular complexity index is 315. The van der Waals surface area contributed by atoms with E-state index < -0.39 is 0 Å². The molecule has 1 aromatic rings. The van der Waals surface area contributed by atoms with E-state index in [1.807, 2.05) is 0 Å². The SMILES string of the molecule is CONCc1c(CO)cnc(C)c1O. The van der Waals surface area contributed by atoms with Gasteiger partial charge in [-0.05, 0) is 6.92 Å². The molecule has 0 saturated carbocycles. The summed E-state index contributed by atoms with van der Waals surface area (Å²) in [6.45, 7) is 1.88. The number of hydrogen-bond donors (Lipinski definition) is 3. The molecule has 5 heteroatoms. The summed E-state index contributed by atoms with van der Waals surface area (Å²) in [4.78, 5) is 8.62. The van der Waals surface area contributed by atoms with Crippen LogP contribution in [0.1, 0.15) is 16.8 Å². The summed E-state index contributed by atoms with van der Waals surface area (Å²) in [7, 11) is 1.49. The van der Waals surface area contributed by atoms with Crippen molar-refractivity contribution in [2.75, 3.05) is 7.11 Å². The lowest BCUT2D eigenvalue weighted by atomic mass is 10.1. The van der Waals surface area contributed by atoms with E-state index in [4.69, 9.17) is 5.11 Å². The maximum atomic E-state index is 9.67. The molecule has 78 valence electrons. The zero-order valence-electron chi connectivity index (χ0n) is 8.24. The van der Waals surface area contributed by atoms with Crippen LogP contribution in [0.2, 0.25) is 0 Å². The Labute approximate surface area is 82.3 Å². The molecule has 0 radical (unpaired) electrons. The lowest BCUT2D eigenvalue weighted by Gasteiger charge is -2.10. The summed E-state index contributed by atoms with van der Waals surface area (Å²) in [5.74, 6) is 0.0982. The van der Waals surface area contributed by atoms with E-state index in [1.165, 1.54) is 7.11 Å². The minimum Gasteiger partial charge on any atom is -0.506 e. The molecule has 14 heavy (non-hydrogen) atoms. The predicted octanol–water partition coefficient (Wildman–Crippen LogP) is 0.239. The van der Waals surface area contributed by atoms with Gasteiger partial charge in [-0.1, -0.05) is 0 Å². The number of hydroxylamine groups is 1. The maximum absolute atomic E-state index is 9.67. The molecule has 0 saturated heterocycles. The first-order valence-corrected chi connectivity index (χ1v) is 4.23. The lowest BCUT2D eigenvalue weighted by Crippen LogP contribution is -2.13. The van der Waals surface area contributed by atoms with Crippen LogP contribution in [0.4, 0.5) is 0 Å². The van der Waals surface area contributed by atoms with E-state index in [1.54, 1.807) is 13.1 Å². The van der Waals surface area contributed by atoms with Crippen LogP contribution < -0.4 is 5.48 Å². The molecule has 1 heterocycles. The van der Waals surface area contributed by atoms with Gasteiger partial charge in [-0.3, -0.25) is 4.98 Å². The highest BCUT2D eigenvalue weighted by Gasteiger charge is 2.10. The van der Waals surface area contributed by atoms with Crippen LogP contribution in [0.5, 0.6) is 5.75 Å². The third kappa shape index (κ3) is 2.20. The van der Waals surface area contributed by atoms with Crippen LogP contribution in [0.15, 0.2) is 6.20 Å². The Morgan fingerprint density at radius 3 is 2.86 bits per heavy atom. The summed E-state index contributed by atoms with van der Waals surface area (Å²) in [5, 5.41) is 18.7. The minimum absolute atomic E-state index is 0.0982. The highest BCUT2D eigenvalue weighted by molar-refractivity contribution is 5.40. The van der Waals surface area contributed by atoms with Crippen molar-refractivity contribution in [3.05, 3.63) is 23.0 Å². The Balaban J connectivity index is 3.01. The number of hydrogen-bond acceptors (Lipinski definition) is 5. The maximum Gasteiger partial charge on any atom is 0.141 e. The molecule has 0 aliphatic rings. The van der Waals surface area contributed by atoms with Gasteiger partial charge in [0.2, 0.25) is 0 Å². The Morgan fingerprint density at radius 1 is 1.57 bits per heavy atom. The summed E-state index contributed by atoms with van der Waals surface area (Å²) in [6.07, 6.45) is 1.54. The van der Waals surface area contributed by atoms with Gasteiger partial charge in [0.05, 0.1) is 26.0 Å². The van der Waals surface area contributed by atoms with Gasteiger partial charge in [-0.25, -0.2) is 0 Å². The van der Waals surface area contributed by atoms with E-state index >= 15 is 0 Å². The van der Waals surface area contributed by atoms with Crippen LogP contribution in [-0.4, -0.2) is 22.3 Å². The fourth-order valence-corrected chi connectivity index (χ4v) is 1.16. The predicted molar refractivity (Wildman–Crippen MR) is 50.4 cm³/mol. The number of aliphatic hydroxyl groups excluding tert-OH is 1. The van der Waals surface area contributed by atoms with Gasteiger partial charge >= 0.3 is 0 Å². The molecule has 0 aromatic carbocycles. The number of nitrogens with one attached hydrogen (secondary N) is 1. The first kappa shape index (κ1) is 10.9. The number of aliphatic hydroxyl groups is 1. The molecule has 0 aliphatic carbocycles. The molecule has 3 N–H and O–H groups in total. The second-order valence-corrected chi connectivity index (χ2v) is 2.88. The summed E-state index contributed by atoms with van der Waals surface area (Å²) in [5.41, 5.74) is 4.35. The van der Waals surface area contributed by atoms with Crippen molar-refractivity contribution < 1.29 is 15.1 Å².